The number of rotatable bonds is 5. The molecule has 0 aromatic carbocycles. The number of hydrogen-bond donors (Lipinski definition) is 3. The average molecular weight is 299 g/mol. The van der Waals surface area contributed by atoms with Gasteiger partial charge in [0, 0.05) is 19.5 Å². The number of aliphatic hydroxyl groups is 2. The molecule has 7 heteroatoms. The quantitative estimate of drug-likeness (QED) is 0.574. The molecule has 21 heavy (non-hydrogen) atoms. The van der Waals surface area contributed by atoms with Crippen LogP contribution in [0.1, 0.15) is 25.7 Å². The summed E-state index contributed by atoms with van der Waals surface area (Å²) in [5.74, 6) is -0.457. The number of primary amides is 1. The number of nitrogens with two attached hydrogens (primary N) is 1. The Morgan fingerprint density at radius 2 is 2.00 bits per heavy atom. The fourth-order valence-corrected chi connectivity index (χ4v) is 3.41. The van der Waals surface area contributed by atoms with Crippen molar-refractivity contribution in [1.82, 2.24) is 9.80 Å². The van der Waals surface area contributed by atoms with Crippen molar-refractivity contribution in [2.75, 3.05) is 39.3 Å². The summed E-state index contributed by atoms with van der Waals surface area (Å²) >= 11 is 0. The molecule has 0 bridgehead atoms. The maximum Gasteiger partial charge on any atom is 0.237 e. The minimum atomic E-state index is -0.696. The van der Waals surface area contributed by atoms with Crippen molar-refractivity contribution in [1.29, 1.82) is 0 Å². The molecular formula is C14H25N3O4. The molecule has 120 valence electrons. The summed E-state index contributed by atoms with van der Waals surface area (Å²) < 4.78 is 0. The summed E-state index contributed by atoms with van der Waals surface area (Å²) in [4.78, 5) is 26.6. The van der Waals surface area contributed by atoms with Crippen LogP contribution in [0.2, 0.25) is 0 Å². The second kappa shape index (κ2) is 6.72. The minimum Gasteiger partial charge on any atom is -0.394 e. The maximum absolute atomic E-state index is 11.9. The van der Waals surface area contributed by atoms with Crippen LogP contribution in [-0.2, 0) is 9.59 Å². The molecule has 2 fully saturated rings. The largest absolute Gasteiger partial charge is 0.394 e. The Kier molecular flexibility index (Phi) is 5.18. The van der Waals surface area contributed by atoms with Crippen molar-refractivity contribution in [3.05, 3.63) is 0 Å². The van der Waals surface area contributed by atoms with E-state index in [1.807, 2.05) is 0 Å². The van der Waals surface area contributed by atoms with E-state index in [0.29, 0.717) is 19.5 Å². The highest BCUT2D eigenvalue weighted by Gasteiger charge is 2.41. The highest BCUT2D eigenvalue weighted by Crippen LogP contribution is 2.40. The van der Waals surface area contributed by atoms with E-state index >= 15 is 0 Å². The van der Waals surface area contributed by atoms with E-state index in [1.54, 1.807) is 4.90 Å². The van der Waals surface area contributed by atoms with Crippen molar-refractivity contribution in [2.45, 2.75) is 31.8 Å². The summed E-state index contributed by atoms with van der Waals surface area (Å²) in [5.41, 5.74) is 5.28. The molecule has 0 radical (unpaired) electrons. The fourth-order valence-electron chi connectivity index (χ4n) is 3.41. The number of β-amino-alcohol motifs (C(OH)–C–C–N with tert-alkyl or cyclic N) is 1. The van der Waals surface area contributed by atoms with Crippen LogP contribution in [0.15, 0.2) is 0 Å². The Hall–Kier alpha value is -1.18. The highest BCUT2D eigenvalue weighted by molar-refractivity contribution is 5.84. The monoisotopic (exact) mass is 299 g/mol. The molecule has 0 saturated carbocycles. The zero-order valence-electron chi connectivity index (χ0n) is 12.3. The van der Waals surface area contributed by atoms with Crippen molar-refractivity contribution in [3.63, 3.8) is 0 Å². The molecule has 0 aliphatic carbocycles. The van der Waals surface area contributed by atoms with Gasteiger partial charge < -0.3 is 25.7 Å². The van der Waals surface area contributed by atoms with E-state index in [0.717, 1.165) is 32.4 Å². The van der Waals surface area contributed by atoms with Crippen LogP contribution in [-0.4, -0.2) is 77.3 Å². The van der Waals surface area contributed by atoms with Crippen molar-refractivity contribution in [3.8, 4) is 0 Å². The summed E-state index contributed by atoms with van der Waals surface area (Å²) in [6.45, 7) is 2.56. The predicted molar refractivity (Wildman–Crippen MR) is 76.2 cm³/mol. The Morgan fingerprint density at radius 3 is 2.57 bits per heavy atom. The molecule has 0 aromatic rings. The smallest absolute Gasteiger partial charge is 0.237 e. The van der Waals surface area contributed by atoms with Gasteiger partial charge in [0.15, 0.2) is 0 Å². The number of nitrogens with zero attached hydrogens (tertiary/aromatic N) is 2. The second-order valence-electron chi connectivity index (χ2n) is 6.35. The normalized spacial score (nSPS) is 24.3. The standard InChI is InChI=1S/C14H25N3O4/c15-12(20)8-17-10-14(2-1-13(17)21)3-5-16(6-4-14)7-11(19)9-18/h11,18-19H,1-10H2,(H2,15,20)/t11-/m1/s1. The third kappa shape index (κ3) is 4.15. The maximum atomic E-state index is 11.9. The van der Waals surface area contributed by atoms with Gasteiger partial charge in [0.2, 0.25) is 11.8 Å². The van der Waals surface area contributed by atoms with Gasteiger partial charge in [0.1, 0.15) is 0 Å². The van der Waals surface area contributed by atoms with Gasteiger partial charge in [-0.15, -0.1) is 0 Å². The van der Waals surface area contributed by atoms with Crippen LogP contribution < -0.4 is 5.73 Å². The number of aliphatic hydroxyl groups excluding tert-OH is 2. The van der Waals surface area contributed by atoms with Crippen molar-refractivity contribution in [2.24, 2.45) is 11.1 Å². The first kappa shape index (κ1) is 16.2. The lowest BCUT2D eigenvalue weighted by atomic mass is 9.72. The van der Waals surface area contributed by atoms with Gasteiger partial charge in [-0.2, -0.15) is 0 Å². The number of likely N-dealkylation sites (tertiary alicyclic amines) is 2. The van der Waals surface area contributed by atoms with Crippen LogP contribution >= 0.6 is 0 Å². The Balaban J connectivity index is 1.89. The molecule has 1 atom stereocenters. The van der Waals surface area contributed by atoms with E-state index < -0.39 is 12.0 Å². The van der Waals surface area contributed by atoms with E-state index in [1.165, 1.54) is 0 Å². The summed E-state index contributed by atoms with van der Waals surface area (Å²) in [6, 6.07) is 0. The number of piperidine rings is 2. The average Bonchev–Trinajstić information content (AvgIpc) is 2.45. The summed E-state index contributed by atoms with van der Waals surface area (Å²) in [6.07, 6.45) is 2.52. The van der Waals surface area contributed by atoms with Crippen LogP contribution in [0.25, 0.3) is 0 Å². The molecule has 2 aliphatic rings. The summed E-state index contributed by atoms with van der Waals surface area (Å²) in [5, 5.41) is 18.4. The van der Waals surface area contributed by atoms with E-state index in [2.05, 4.69) is 4.90 Å². The molecule has 0 aromatic heterocycles. The van der Waals surface area contributed by atoms with E-state index in [-0.39, 0.29) is 24.5 Å². The Labute approximate surface area is 124 Å². The van der Waals surface area contributed by atoms with Gasteiger partial charge in [-0.25, -0.2) is 0 Å². The van der Waals surface area contributed by atoms with E-state index in [9.17, 15) is 14.7 Å². The Bertz CT molecular complexity index is 394. The predicted octanol–water partition coefficient (Wildman–Crippen LogP) is -1.47. The number of carbonyl (C=O) groups is 2. The SMILES string of the molecule is NC(=O)CN1CC2(CCC1=O)CCN(C[C@@H](O)CO)CC2. The zero-order valence-corrected chi connectivity index (χ0v) is 12.3. The van der Waals surface area contributed by atoms with Crippen molar-refractivity contribution < 1.29 is 19.8 Å². The van der Waals surface area contributed by atoms with Gasteiger partial charge in [-0.1, -0.05) is 0 Å². The van der Waals surface area contributed by atoms with Gasteiger partial charge in [-0.05, 0) is 37.8 Å². The van der Waals surface area contributed by atoms with Crippen molar-refractivity contribution >= 4 is 11.8 Å². The minimum absolute atomic E-state index is 0.00746. The lowest BCUT2D eigenvalue weighted by Gasteiger charge is -2.47. The van der Waals surface area contributed by atoms with Crippen LogP contribution in [0.3, 0.4) is 0 Å². The highest BCUT2D eigenvalue weighted by atomic mass is 16.3. The van der Waals surface area contributed by atoms with Gasteiger partial charge in [0.05, 0.1) is 19.3 Å². The lowest BCUT2D eigenvalue weighted by molar-refractivity contribution is -0.142. The molecule has 2 amide bonds. The molecule has 4 N–H and O–H groups in total. The fraction of sp³-hybridized carbons (Fsp3) is 0.857. The Morgan fingerprint density at radius 1 is 1.33 bits per heavy atom. The lowest BCUT2D eigenvalue weighted by Crippen LogP contribution is -2.53. The second-order valence-corrected chi connectivity index (χ2v) is 6.35. The van der Waals surface area contributed by atoms with Gasteiger partial charge >= 0.3 is 0 Å². The molecule has 2 aliphatic heterocycles. The number of hydrogen-bond acceptors (Lipinski definition) is 5. The third-order valence-electron chi connectivity index (χ3n) is 4.69. The molecule has 0 unspecified atom stereocenters. The van der Waals surface area contributed by atoms with Crippen LogP contribution in [0.5, 0.6) is 0 Å². The topological polar surface area (TPSA) is 107 Å². The first-order chi connectivity index (χ1) is 9.94. The third-order valence-corrected chi connectivity index (χ3v) is 4.69. The summed E-state index contributed by atoms with van der Waals surface area (Å²) in [7, 11) is 0. The molecule has 2 saturated heterocycles. The van der Waals surface area contributed by atoms with E-state index in [4.69, 9.17) is 10.8 Å². The first-order valence-corrected chi connectivity index (χ1v) is 7.51. The molecule has 2 rings (SSSR count). The molecule has 7 nitrogen and oxygen atoms in total. The van der Waals surface area contributed by atoms with Crippen LogP contribution in [0.4, 0.5) is 0 Å². The molecular weight excluding hydrogens is 274 g/mol. The van der Waals surface area contributed by atoms with Crippen LogP contribution in [0, 0.1) is 5.41 Å². The zero-order chi connectivity index (χ0) is 15.5. The van der Waals surface area contributed by atoms with Gasteiger partial charge in [0.25, 0.3) is 0 Å². The number of carbonyl (C=O) groups excluding carboxylic acids is 2. The van der Waals surface area contributed by atoms with Gasteiger partial charge in [-0.3, -0.25) is 9.59 Å². The number of amides is 2. The molecule has 1 spiro atoms. The first-order valence-electron chi connectivity index (χ1n) is 7.51. The molecule has 2 heterocycles.